The highest BCUT2D eigenvalue weighted by Crippen LogP contribution is 2.05. The number of hydrogen-bond acceptors (Lipinski definition) is 3. The zero-order valence-corrected chi connectivity index (χ0v) is 11.0. The van der Waals surface area contributed by atoms with Crippen LogP contribution in [0.25, 0.3) is 0 Å². The molecule has 100 valence electrons. The second kappa shape index (κ2) is 8.64. The summed E-state index contributed by atoms with van der Waals surface area (Å²) >= 11 is 0. The first-order chi connectivity index (χ1) is 8.72. The second-order valence-corrected chi connectivity index (χ2v) is 4.39. The fourth-order valence-electron chi connectivity index (χ4n) is 1.86. The smallest absolute Gasteiger partial charge is 0.303 e. The summed E-state index contributed by atoms with van der Waals surface area (Å²) in [6, 6.07) is 5.96. The zero-order chi connectivity index (χ0) is 13.2. The number of nitrogens with zero attached hydrogens (tertiary/aromatic N) is 2. The van der Waals surface area contributed by atoms with E-state index in [2.05, 4.69) is 16.8 Å². The standard InChI is InChI=1S/C14H22N2O2/c1-2-16(11-7-3-4-9-14(17)18)12-13-8-5-6-10-15-13/h5-6,8,10H,2-4,7,9,11-12H2,1H3,(H,17,18). The molecule has 1 heterocycles. The van der Waals surface area contributed by atoms with Crippen molar-refractivity contribution in [3.63, 3.8) is 0 Å². The molecule has 0 fully saturated rings. The molecule has 1 aromatic rings. The molecule has 0 radical (unpaired) electrons. The molecule has 0 aliphatic heterocycles. The van der Waals surface area contributed by atoms with Gasteiger partial charge in [0.1, 0.15) is 0 Å². The predicted octanol–water partition coefficient (Wildman–Crippen LogP) is 2.55. The third kappa shape index (κ3) is 6.35. The fraction of sp³-hybridized carbons (Fsp3) is 0.571. The summed E-state index contributed by atoms with van der Waals surface area (Å²) in [5.74, 6) is -0.698. The minimum Gasteiger partial charge on any atom is -0.481 e. The van der Waals surface area contributed by atoms with Gasteiger partial charge in [-0.3, -0.25) is 14.7 Å². The van der Waals surface area contributed by atoms with Crippen molar-refractivity contribution in [2.45, 2.75) is 39.2 Å². The second-order valence-electron chi connectivity index (χ2n) is 4.39. The Bertz CT molecular complexity index is 341. The number of aromatic nitrogens is 1. The van der Waals surface area contributed by atoms with Gasteiger partial charge >= 0.3 is 5.97 Å². The van der Waals surface area contributed by atoms with Gasteiger partial charge in [0, 0.05) is 19.2 Å². The molecule has 0 bridgehead atoms. The van der Waals surface area contributed by atoms with Crippen LogP contribution >= 0.6 is 0 Å². The quantitative estimate of drug-likeness (QED) is 0.684. The van der Waals surface area contributed by atoms with E-state index in [0.717, 1.165) is 44.6 Å². The molecule has 1 N–H and O–H groups in total. The molecule has 0 saturated heterocycles. The molecule has 1 aromatic heterocycles. The Morgan fingerprint density at radius 2 is 2.17 bits per heavy atom. The van der Waals surface area contributed by atoms with Crippen LogP contribution < -0.4 is 0 Å². The van der Waals surface area contributed by atoms with Crippen molar-refractivity contribution in [3.8, 4) is 0 Å². The summed E-state index contributed by atoms with van der Waals surface area (Å²) in [5.41, 5.74) is 1.09. The predicted molar refractivity (Wildman–Crippen MR) is 71.3 cm³/mol. The maximum absolute atomic E-state index is 10.4. The van der Waals surface area contributed by atoms with E-state index in [-0.39, 0.29) is 6.42 Å². The number of aliphatic carboxylic acids is 1. The van der Waals surface area contributed by atoms with Crippen LogP contribution in [0.5, 0.6) is 0 Å². The van der Waals surface area contributed by atoms with E-state index >= 15 is 0 Å². The van der Waals surface area contributed by atoms with E-state index in [9.17, 15) is 4.79 Å². The normalized spacial score (nSPS) is 10.8. The minimum atomic E-state index is -0.698. The number of carboxylic acid groups (broad SMARTS) is 1. The van der Waals surface area contributed by atoms with E-state index < -0.39 is 5.97 Å². The van der Waals surface area contributed by atoms with Gasteiger partial charge in [0.05, 0.1) is 5.69 Å². The monoisotopic (exact) mass is 250 g/mol. The molecule has 0 aliphatic rings. The van der Waals surface area contributed by atoms with Crippen molar-refractivity contribution in [1.82, 2.24) is 9.88 Å². The van der Waals surface area contributed by atoms with E-state index in [1.54, 1.807) is 0 Å². The summed E-state index contributed by atoms with van der Waals surface area (Å²) in [5, 5.41) is 8.54. The van der Waals surface area contributed by atoms with Crippen molar-refractivity contribution >= 4 is 5.97 Å². The molecule has 18 heavy (non-hydrogen) atoms. The molecule has 0 saturated carbocycles. The van der Waals surface area contributed by atoms with Crippen LogP contribution in [0.2, 0.25) is 0 Å². The van der Waals surface area contributed by atoms with Gasteiger partial charge in [-0.25, -0.2) is 0 Å². The third-order valence-corrected chi connectivity index (χ3v) is 2.92. The van der Waals surface area contributed by atoms with Crippen LogP contribution in [0.3, 0.4) is 0 Å². The summed E-state index contributed by atoms with van der Waals surface area (Å²) in [7, 11) is 0. The minimum absolute atomic E-state index is 0.284. The number of hydrogen-bond donors (Lipinski definition) is 1. The van der Waals surface area contributed by atoms with Crippen LogP contribution in [0.1, 0.15) is 38.3 Å². The van der Waals surface area contributed by atoms with E-state index in [1.165, 1.54) is 0 Å². The van der Waals surface area contributed by atoms with Crippen LogP contribution in [0, 0.1) is 0 Å². The van der Waals surface area contributed by atoms with Crippen LogP contribution in [0.4, 0.5) is 0 Å². The fourth-order valence-corrected chi connectivity index (χ4v) is 1.86. The molecule has 0 aromatic carbocycles. The molecular weight excluding hydrogens is 228 g/mol. The largest absolute Gasteiger partial charge is 0.481 e. The highest BCUT2D eigenvalue weighted by atomic mass is 16.4. The lowest BCUT2D eigenvalue weighted by Crippen LogP contribution is -2.24. The number of unbranched alkanes of at least 4 members (excludes halogenated alkanes) is 2. The molecule has 0 atom stereocenters. The Morgan fingerprint density at radius 3 is 2.78 bits per heavy atom. The molecular formula is C14H22N2O2. The van der Waals surface area contributed by atoms with Gasteiger partial charge in [0.25, 0.3) is 0 Å². The maximum Gasteiger partial charge on any atom is 0.303 e. The van der Waals surface area contributed by atoms with E-state index in [4.69, 9.17) is 5.11 Å². The summed E-state index contributed by atoms with van der Waals surface area (Å²) < 4.78 is 0. The van der Waals surface area contributed by atoms with Crippen molar-refractivity contribution in [2.24, 2.45) is 0 Å². The first-order valence-corrected chi connectivity index (χ1v) is 6.56. The van der Waals surface area contributed by atoms with Gasteiger partial charge in [-0.1, -0.05) is 19.4 Å². The molecule has 0 spiro atoms. The topological polar surface area (TPSA) is 53.4 Å². The number of pyridine rings is 1. The Morgan fingerprint density at radius 1 is 1.33 bits per heavy atom. The molecule has 4 nitrogen and oxygen atoms in total. The maximum atomic E-state index is 10.4. The highest BCUT2D eigenvalue weighted by Gasteiger charge is 2.04. The van der Waals surface area contributed by atoms with Gasteiger partial charge in [0.15, 0.2) is 0 Å². The van der Waals surface area contributed by atoms with Gasteiger partial charge in [-0.2, -0.15) is 0 Å². The van der Waals surface area contributed by atoms with Gasteiger partial charge in [-0.15, -0.1) is 0 Å². The Labute approximate surface area is 109 Å². The molecule has 0 amide bonds. The average molecular weight is 250 g/mol. The van der Waals surface area contributed by atoms with E-state index in [1.807, 2.05) is 24.4 Å². The number of rotatable bonds is 9. The lowest BCUT2D eigenvalue weighted by molar-refractivity contribution is -0.137. The number of carbonyl (C=O) groups is 1. The third-order valence-electron chi connectivity index (χ3n) is 2.92. The van der Waals surface area contributed by atoms with Crippen molar-refractivity contribution in [2.75, 3.05) is 13.1 Å². The first-order valence-electron chi connectivity index (χ1n) is 6.56. The molecule has 4 heteroatoms. The number of carboxylic acids is 1. The van der Waals surface area contributed by atoms with Gasteiger partial charge in [-0.05, 0) is 38.1 Å². The Balaban J connectivity index is 2.20. The Hall–Kier alpha value is -1.42. The highest BCUT2D eigenvalue weighted by molar-refractivity contribution is 5.66. The van der Waals surface area contributed by atoms with Crippen molar-refractivity contribution < 1.29 is 9.90 Å². The zero-order valence-electron chi connectivity index (χ0n) is 11.0. The lowest BCUT2D eigenvalue weighted by Gasteiger charge is -2.19. The lowest BCUT2D eigenvalue weighted by atomic mass is 10.2. The molecule has 0 unspecified atom stereocenters. The van der Waals surface area contributed by atoms with Crippen LogP contribution in [-0.2, 0) is 11.3 Å². The van der Waals surface area contributed by atoms with Crippen molar-refractivity contribution in [3.05, 3.63) is 30.1 Å². The first kappa shape index (κ1) is 14.6. The van der Waals surface area contributed by atoms with Crippen LogP contribution in [-0.4, -0.2) is 34.0 Å². The van der Waals surface area contributed by atoms with Crippen molar-refractivity contribution in [1.29, 1.82) is 0 Å². The van der Waals surface area contributed by atoms with Crippen LogP contribution in [0.15, 0.2) is 24.4 Å². The van der Waals surface area contributed by atoms with Gasteiger partial charge in [0.2, 0.25) is 0 Å². The molecule has 1 rings (SSSR count). The van der Waals surface area contributed by atoms with Gasteiger partial charge < -0.3 is 5.11 Å². The summed E-state index contributed by atoms with van der Waals surface area (Å²) in [6.07, 6.45) is 4.90. The SMILES string of the molecule is CCN(CCCCCC(=O)O)Cc1ccccn1. The Kier molecular flexibility index (Phi) is 7.03. The molecule has 0 aliphatic carbocycles. The summed E-state index contributed by atoms with van der Waals surface area (Å²) in [6.45, 7) is 5.01. The summed E-state index contributed by atoms with van der Waals surface area (Å²) in [4.78, 5) is 17.0. The van der Waals surface area contributed by atoms with E-state index in [0.29, 0.717) is 0 Å². The average Bonchev–Trinajstić information content (AvgIpc) is 2.38.